The van der Waals surface area contributed by atoms with E-state index < -0.39 is 23.3 Å². The number of amides is 2. The monoisotopic (exact) mass is 522 g/mol. The number of halogens is 1. The summed E-state index contributed by atoms with van der Waals surface area (Å²) in [7, 11) is 0. The molecule has 0 aromatic heterocycles. The summed E-state index contributed by atoms with van der Waals surface area (Å²) >= 11 is 2.15. The molecular weight excluding hydrogens is 507 g/mol. The summed E-state index contributed by atoms with van der Waals surface area (Å²) in [4.78, 5) is 41.1. The van der Waals surface area contributed by atoms with Crippen molar-refractivity contribution in [1.29, 1.82) is 0 Å². The third kappa shape index (κ3) is 2.12. The molecule has 0 N–H and O–H groups in total. The van der Waals surface area contributed by atoms with Crippen LogP contribution in [-0.2, 0) is 15.1 Å². The number of benzene rings is 3. The molecule has 0 saturated carbocycles. The number of carbonyl (C=O) groups is 2. The number of rotatable bonds is 2. The molecule has 4 aliphatic rings. The van der Waals surface area contributed by atoms with Crippen LogP contribution in [-0.4, -0.2) is 16.7 Å². The van der Waals surface area contributed by atoms with Crippen LogP contribution in [0.15, 0.2) is 72.8 Å². The highest BCUT2D eigenvalue weighted by atomic mass is 127. The quantitative estimate of drug-likeness (QED) is 0.220. The minimum atomic E-state index is -1.78. The average Bonchev–Trinajstić information content (AvgIpc) is 3.05. The molecule has 31 heavy (non-hydrogen) atoms. The first kappa shape index (κ1) is 18.7. The van der Waals surface area contributed by atoms with E-state index in [1.165, 1.54) is 0 Å². The summed E-state index contributed by atoms with van der Waals surface area (Å²) in [6, 6.07) is 21.5. The molecule has 2 amide bonds. The maximum absolute atomic E-state index is 13.8. The molecule has 6 nitrogen and oxygen atoms in total. The van der Waals surface area contributed by atoms with Gasteiger partial charge in [0.25, 0.3) is 5.54 Å². The predicted molar refractivity (Wildman–Crippen MR) is 121 cm³/mol. The Labute approximate surface area is 191 Å². The summed E-state index contributed by atoms with van der Waals surface area (Å²) in [5.74, 6) is -3.13. The van der Waals surface area contributed by atoms with Gasteiger partial charge in [-0.25, -0.2) is 4.90 Å². The molecule has 0 spiro atoms. The Morgan fingerprint density at radius 1 is 0.839 bits per heavy atom. The number of nitro groups is 1. The molecule has 3 aromatic carbocycles. The molecule has 0 radical (unpaired) electrons. The highest BCUT2D eigenvalue weighted by molar-refractivity contribution is 14.1. The molecule has 1 saturated heterocycles. The second-order valence-corrected chi connectivity index (χ2v) is 9.41. The van der Waals surface area contributed by atoms with Crippen molar-refractivity contribution in [3.63, 3.8) is 0 Å². The summed E-state index contributed by atoms with van der Waals surface area (Å²) in [6.45, 7) is 0. The lowest BCUT2D eigenvalue weighted by Gasteiger charge is -2.48. The van der Waals surface area contributed by atoms with Crippen molar-refractivity contribution in [2.75, 3.05) is 4.90 Å². The minimum absolute atomic E-state index is 0.347. The molecule has 1 aliphatic heterocycles. The summed E-state index contributed by atoms with van der Waals surface area (Å²) in [5, 5.41) is 12.9. The number of imide groups is 1. The number of hydrogen-bond acceptors (Lipinski definition) is 4. The van der Waals surface area contributed by atoms with Crippen LogP contribution in [0.25, 0.3) is 0 Å². The summed E-state index contributed by atoms with van der Waals surface area (Å²) < 4.78 is 0.972. The number of hydrogen-bond donors (Lipinski definition) is 0. The zero-order valence-electron chi connectivity index (χ0n) is 16.1. The van der Waals surface area contributed by atoms with Gasteiger partial charge in [0.15, 0.2) is 0 Å². The van der Waals surface area contributed by atoms with Crippen LogP contribution in [0.5, 0.6) is 0 Å². The lowest BCUT2D eigenvalue weighted by atomic mass is 9.51. The van der Waals surface area contributed by atoms with Crippen molar-refractivity contribution in [3.05, 3.63) is 109 Å². The van der Waals surface area contributed by atoms with Crippen LogP contribution < -0.4 is 4.90 Å². The van der Waals surface area contributed by atoms with Crippen LogP contribution in [0, 0.1) is 25.5 Å². The van der Waals surface area contributed by atoms with Crippen molar-refractivity contribution < 1.29 is 14.5 Å². The Hall–Kier alpha value is -3.07. The van der Waals surface area contributed by atoms with Crippen molar-refractivity contribution in [3.8, 4) is 0 Å². The van der Waals surface area contributed by atoms with Crippen LogP contribution in [0.2, 0.25) is 0 Å². The maximum atomic E-state index is 13.8. The lowest BCUT2D eigenvalue weighted by Crippen LogP contribution is -2.57. The Morgan fingerprint density at radius 3 is 1.94 bits per heavy atom. The van der Waals surface area contributed by atoms with Gasteiger partial charge < -0.3 is 0 Å². The highest BCUT2D eigenvalue weighted by Gasteiger charge is 2.74. The molecule has 152 valence electrons. The van der Waals surface area contributed by atoms with Gasteiger partial charge in [0.2, 0.25) is 11.8 Å². The Balaban J connectivity index is 1.67. The second kappa shape index (κ2) is 6.23. The average molecular weight is 522 g/mol. The molecule has 3 aliphatic carbocycles. The van der Waals surface area contributed by atoms with Crippen molar-refractivity contribution in [2.24, 2.45) is 11.8 Å². The molecule has 1 heterocycles. The molecule has 7 rings (SSSR count). The molecule has 2 atom stereocenters. The highest BCUT2D eigenvalue weighted by Crippen LogP contribution is 2.64. The third-order valence-electron chi connectivity index (χ3n) is 6.95. The first-order chi connectivity index (χ1) is 15.0. The largest absolute Gasteiger partial charge is 0.285 e. The van der Waals surface area contributed by atoms with E-state index in [0.717, 1.165) is 19.6 Å². The number of anilines is 1. The van der Waals surface area contributed by atoms with E-state index in [2.05, 4.69) is 22.6 Å². The van der Waals surface area contributed by atoms with E-state index in [-0.39, 0.29) is 16.7 Å². The fourth-order valence-corrected chi connectivity index (χ4v) is 6.25. The standard InChI is InChI=1S/C24H15IN2O4/c25-13-9-11-14(12-10-13)26-22(28)20-19-15-5-1-3-7-17(15)24(27(30)31,21(20)23(26)29)18-8-4-2-6-16(18)19/h1-12,19-21H/t19?,20-,21-,24?/m1/s1. The molecule has 0 unspecified atom stereocenters. The topological polar surface area (TPSA) is 80.5 Å². The van der Waals surface area contributed by atoms with Crippen molar-refractivity contribution in [2.45, 2.75) is 11.5 Å². The van der Waals surface area contributed by atoms with Gasteiger partial charge in [0.1, 0.15) is 5.92 Å². The molecular formula is C24H15IN2O4. The number of carbonyl (C=O) groups excluding carboxylic acids is 2. The zero-order valence-corrected chi connectivity index (χ0v) is 18.2. The first-order valence-electron chi connectivity index (χ1n) is 9.94. The van der Waals surface area contributed by atoms with Gasteiger partial charge in [-0.05, 0) is 58.0 Å². The van der Waals surface area contributed by atoms with Crippen molar-refractivity contribution in [1.82, 2.24) is 0 Å². The van der Waals surface area contributed by atoms with E-state index in [1.807, 2.05) is 36.4 Å². The Morgan fingerprint density at radius 2 is 1.39 bits per heavy atom. The van der Waals surface area contributed by atoms with E-state index in [0.29, 0.717) is 16.8 Å². The lowest BCUT2D eigenvalue weighted by molar-refractivity contribution is -0.578. The second-order valence-electron chi connectivity index (χ2n) is 8.17. The van der Waals surface area contributed by atoms with E-state index in [1.54, 1.807) is 36.4 Å². The number of nitrogens with zero attached hydrogens (tertiary/aromatic N) is 2. The third-order valence-corrected chi connectivity index (χ3v) is 7.67. The van der Waals surface area contributed by atoms with Gasteiger partial charge in [-0.15, -0.1) is 0 Å². The van der Waals surface area contributed by atoms with Crippen LogP contribution in [0.3, 0.4) is 0 Å². The SMILES string of the molecule is O=C1[C@@H]2C3c4ccccc4C([N+](=O)[O-])(c4ccccc43)[C@H]2C(=O)N1c1ccc(I)cc1. The van der Waals surface area contributed by atoms with Gasteiger partial charge in [0.05, 0.1) is 11.6 Å². The van der Waals surface area contributed by atoms with Gasteiger partial charge in [-0.1, -0.05) is 48.5 Å². The molecule has 1 fully saturated rings. The van der Waals surface area contributed by atoms with Crippen LogP contribution in [0.1, 0.15) is 28.2 Å². The summed E-state index contributed by atoms with van der Waals surface area (Å²) in [5.41, 5.74) is 1.26. The molecule has 3 aromatic rings. The fourth-order valence-electron chi connectivity index (χ4n) is 5.89. The van der Waals surface area contributed by atoms with Crippen LogP contribution in [0.4, 0.5) is 5.69 Å². The van der Waals surface area contributed by atoms with Gasteiger partial charge in [-0.3, -0.25) is 19.7 Å². The molecule has 7 heteroatoms. The normalized spacial score (nSPS) is 27.6. The van der Waals surface area contributed by atoms with Gasteiger partial charge >= 0.3 is 0 Å². The minimum Gasteiger partial charge on any atom is -0.274 e. The zero-order chi connectivity index (χ0) is 21.5. The van der Waals surface area contributed by atoms with E-state index >= 15 is 0 Å². The smallest absolute Gasteiger partial charge is 0.274 e. The van der Waals surface area contributed by atoms with Crippen LogP contribution >= 0.6 is 22.6 Å². The molecule has 2 bridgehead atoms. The Kier molecular flexibility index (Phi) is 3.75. The Bertz CT molecular complexity index is 1260. The maximum Gasteiger partial charge on any atom is 0.285 e. The van der Waals surface area contributed by atoms with Gasteiger partial charge in [0, 0.05) is 25.5 Å². The van der Waals surface area contributed by atoms with E-state index in [9.17, 15) is 19.7 Å². The van der Waals surface area contributed by atoms with E-state index in [4.69, 9.17) is 0 Å². The van der Waals surface area contributed by atoms with Gasteiger partial charge in [-0.2, -0.15) is 0 Å². The summed E-state index contributed by atoms with van der Waals surface area (Å²) in [6.07, 6.45) is 0. The predicted octanol–water partition coefficient (Wildman–Crippen LogP) is 4.08. The van der Waals surface area contributed by atoms with Crippen molar-refractivity contribution >= 4 is 40.1 Å². The fraction of sp³-hybridized carbons (Fsp3) is 0.167. The first-order valence-corrected chi connectivity index (χ1v) is 11.0.